The van der Waals surface area contributed by atoms with Gasteiger partial charge in [0.25, 0.3) is 5.69 Å². The van der Waals surface area contributed by atoms with Crippen LogP contribution < -0.4 is 4.90 Å². The summed E-state index contributed by atoms with van der Waals surface area (Å²) in [4.78, 5) is 24.1. The molecule has 0 unspecified atom stereocenters. The molecule has 0 aromatic heterocycles. The molecule has 1 fully saturated rings. The van der Waals surface area contributed by atoms with Crippen molar-refractivity contribution in [1.29, 1.82) is 0 Å². The molecule has 1 aliphatic rings. The van der Waals surface area contributed by atoms with Crippen molar-refractivity contribution in [3.8, 4) is 0 Å². The standard InChI is InChI=1S/C14H17BrN2O4/c1-2-14(13(18)19)5-7-16(8-6-14)12-9-10(15)3-4-11(12)17(20)21/h3-4,9H,2,5-8H2,1H3,(H,18,19). The SMILES string of the molecule is CCC1(C(=O)O)CCN(c2cc(Br)ccc2[N+](=O)[O-])CC1. The second-order valence-electron chi connectivity index (χ2n) is 5.32. The fraction of sp³-hybridized carbons (Fsp3) is 0.500. The Bertz CT molecular complexity index is 568. The molecule has 0 atom stereocenters. The number of aliphatic carboxylic acids is 1. The quantitative estimate of drug-likeness (QED) is 0.659. The fourth-order valence-electron chi connectivity index (χ4n) is 2.80. The summed E-state index contributed by atoms with van der Waals surface area (Å²) in [6.45, 7) is 2.90. The molecule has 7 heteroatoms. The van der Waals surface area contributed by atoms with Crippen LogP contribution in [0.3, 0.4) is 0 Å². The van der Waals surface area contributed by atoms with Gasteiger partial charge < -0.3 is 10.0 Å². The van der Waals surface area contributed by atoms with Gasteiger partial charge in [0.05, 0.1) is 10.3 Å². The topological polar surface area (TPSA) is 83.7 Å². The van der Waals surface area contributed by atoms with Gasteiger partial charge in [-0.1, -0.05) is 22.9 Å². The Kier molecular flexibility index (Phi) is 4.51. The van der Waals surface area contributed by atoms with Crippen LogP contribution >= 0.6 is 15.9 Å². The van der Waals surface area contributed by atoms with Crippen molar-refractivity contribution in [2.45, 2.75) is 26.2 Å². The Morgan fingerprint density at radius 2 is 2.10 bits per heavy atom. The smallest absolute Gasteiger partial charge is 0.309 e. The highest BCUT2D eigenvalue weighted by atomic mass is 79.9. The molecule has 21 heavy (non-hydrogen) atoms. The van der Waals surface area contributed by atoms with E-state index in [2.05, 4.69) is 15.9 Å². The summed E-state index contributed by atoms with van der Waals surface area (Å²) in [5.41, 5.74) is -0.0981. The van der Waals surface area contributed by atoms with Gasteiger partial charge in [0.15, 0.2) is 0 Å². The molecule has 0 radical (unpaired) electrons. The minimum absolute atomic E-state index is 0.0533. The molecule has 0 bridgehead atoms. The first-order valence-corrected chi connectivity index (χ1v) is 7.61. The summed E-state index contributed by atoms with van der Waals surface area (Å²) in [6, 6.07) is 4.83. The predicted molar refractivity (Wildman–Crippen MR) is 82.6 cm³/mol. The number of piperidine rings is 1. The number of nitro groups is 1. The number of nitro benzene ring substituents is 1. The van der Waals surface area contributed by atoms with Crippen LogP contribution in [0.1, 0.15) is 26.2 Å². The van der Waals surface area contributed by atoms with Crippen molar-refractivity contribution < 1.29 is 14.8 Å². The molecule has 1 N–H and O–H groups in total. The van der Waals surface area contributed by atoms with Gasteiger partial charge in [-0.2, -0.15) is 0 Å². The van der Waals surface area contributed by atoms with Gasteiger partial charge in [-0.25, -0.2) is 0 Å². The summed E-state index contributed by atoms with van der Waals surface area (Å²) in [6.07, 6.45) is 1.59. The second kappa shape index (κ2) is 6.01. The first kappa shape index (κ1) is 15.8. The molecule has 1 heterocycles. The van der Waals surface area contributed by atoms with Crippen LogP contribution in [0, 0.1) is 15.5 Å². The van der Waals surface area contributed by atoms with E-state index in [4.69, 9.17) is 0 Å². The molecule has 0 saturated carbocycles. The van der Waals surface area contributed by atoms with Gasteiger partial charge in [0.2, 0.25) is 0 Å². The summed E-state index contributed by atoms with van der Waals surface area (Å²) >= 11 is 3.33. The third-order valence-electron chi connectivity index (χ3n) is 4.33. The Morgan fingerprint density at radius 3 is 2.57 bits per heavy atom. The third-order valence-corrected chi connectivity index (χ3v) is 4.82. The zero-order valence-corrected chi connectivity index (χ0v) is 13.3. The zero-order chi connectivity index (χ0) is 15.6. The summed E-state index contributed by atoms with van der Waals surface area (Å²) < 4.78 is 0.772. The third kappa shape index (κ3) is 3.02. The van der Waals surface area contributed by atoms with Crippen molar-refractivity contribution in [2.24, 2.45) is 5.41 Å². The first-order valence-electron chi connectivity index (χ1n) is 6.82. The second-order valence-corrected chi connectivity index (χ2v) is 6.23. The van der Waals surface area contributed by atoms with Crippen molar-refractivity contribution in [1.82, 2.24) is 0 Å². The highest BCUT2D eigenvalue weighted by Gasteiger charge is 2.40. The number of nitrogens with zero attached hydrogens (tertiary/aromatic N) is 2. The zero-order valence-electron chi connectivity index (χ0n) is 11.7. The molecule has 0 spiro atoms. The molecular formula is C14H17BrN2O4. The first-order chi connectivity index (χ1) is 9.89. The van der Waals surface area contributed by atoms with Crippen LogP contribution in [-0.4, -0.2) is 29.1 Å². The van der Waals surface area contributed by atoms with E-state index < -0.39 is 16.3 Å². The van der Waals surface area contributed by atoms with Crippen LogP contribution in [0.25, 0.3) is 0 Å². The normalized spacial score (nSPS) is 17.5. The minimum atomic E-state index is -0.770. The Morgan fingerprint density at radius 1 is 1.48 bits per heavy atom. The lowest BCUT2D eigenvalue weighted by Crippen LogP contribution is -2.44. The monoisotopic (exact) mass is 356 g/mol. The number of halogens is 1. The van der Waals surface area contributed by atoms with E-state index in [0.29, 0.717) is 38.0 Å². The lowest BCUT2D eigenvalue weighted by molar-refractivity contribution is -0.384. The van der Waals surface area contributed by atoms with E-state index in [1.807, 2.05) is 11.8 Å². The molecule has 114 valence electrons. The van der Waals surface area contributed by atoms with Gasteiger partial charge in [-0.05, 0) is 31.4 Å². The van der Waals surface area contributed by atoms with E-state index in [-0.39, 0.29) is 5.69 Å². The number of hydrogen-bond acceptors (Lipinski definition) is 4. The predicted octanol–water partition coefficient (Wildman–Crippen LogP) is 3.44. The highest BCUT2D eigenvalue weighted by Crippen LogP contribution is 2.39. The molecule has 1 aromatic rings. The molecule has 1 aromatic carbocycles. The maximum atomic E-state index is 11.4. The van der Waals surface area contributed by atoms with Gasteiger partial charge in [-0.15, -0.1) is 0 Å². The maximum Gasteiger partial charge on any atom is 0.309 e. The molecule has 6 nitrogen and oxygen atoms in total. The number of benzene rings is 1. The van der Waals surface area contributed by atoms with Gasteiger partial charge in [0.1, 0.15) is 5.69 Å². The van der Waals surface area contributed by atoms with Crippen molar-refractivity contribution in [2.75, 3.05) is 18.0 Å². The van der Waals surface area contributed by atoms with E-state index in [0.717, 1.165) is 4.47 Å². The number of anilines is 1. The maximum absolute atomic E-state index is 11.4. The van der Waals surface area contributed by atoms with Crippen LogP contribution in [0.15, 0.2) is 22.7 Å². The largest absolute Gasteiger partial charge is 0.481 e. The molecule has 1 aliphatic heterocycles. The Hall–Kier alpha value is -1.63. The van der Waals surface area contributed by atoms with Crippen LogP contribution in [-0.2, 0) is 4.79 Å². The Balaban J connectivity index is 2.25. The fourth-order valence-corrected chi connectivity index (χ4v) is 3.15. The number of hydrogen-bond donors (Lipinski definition) is 1. The number of carboxylic acid groups (broad SMARTS) is 1. The van der Waals surface area contributed by atoms with Crippen LogP contribution in [0.2, 0.25) is 0 Å². The highest BCUT2D eigenvalue weighted by molar-refractivity contribution is 9.10. The van der Waals surface area contributed by atoms with E-state index in [1.54, 1.807) is 12.1 Å². The molecular weight excluding hydrogens is 340 g/mol. The molecule has 0 aliphatic carbocycles. The lowest BCUT2D eigenvalue weighted by Gasteiger charge is -2.39. The van der Waals surface area contributed by atoms with Gasteiger partial charge >= 0.3 is 5.97 Å². The summed E-state index contributed by atoms with van der Waals surface area (Å²) in [5.74, 6) is -0.770. The van der Waals surface area contributed by atoms with Gasteiger partial charge in [-0.3, -0.25) is 14.9 Å². The summed E-state index contributed by atoms with van der Waals surface area (Å²) in [5, 5.41) is 20.5. The number of carbonyl (C=O) groups is 1. The van der Waals surface area contributed by atoms with Crippen LogP contribution in [0.5, 0.6) is 0 Å². The van der Waals surface area contributed by atoms with E-state index in [1.165, 1.54) is 6.07 Å². The number of rotatable bonds is 4. The lowest BCUT2D eigenvalue weighted by atomic mass is 9.76. The summed E-state index contributed by atoms with van der Waals surface area (Å²) in [7, 11) is 0. The van der Waals surface area contributed by atoms with E-state index in [9.17, 15) is 20.0 Å². The minimum Gasteiger partial charge on any atom is -0.481 e. The van der Waals surface area contributed by atoms with Crippen LogP contribution in [0.4, 0.5) is 11.4 Å². The average Bonchev–Trinajstić information content (AvgIpc) is 2.46. The van der Waals surface area contributed by atoms with Crippen molar-refractivity contribution >= 4 is 33.3 Å². The van der Waals surface area contributed by atoms with E-state index >= 15 is 0 Å². The van der Waals surface area contributed by atoms with Gasteiger partial charge in [0, 0.05) is 23.6 Å². The van der Waals surface area contributed by atoms with Crippen molar-refractivity contribution in [3.05, 3.63) is 32.8 Å². The average molecular weight is 357 g/mol. The molecule has 2 rings (SSSR count). The molecule has 0 amide bonds. The Labute approximate surface area is 131 Å². The molecule has 1 saturated heterocycles. The van der Waals surface area contributed by atoms with Crippen molar-refractivity contribution in [3.63, 3.8) is 0 Å². The number of carboxylic acids is 1.